The highest BCUT2D eigenvalue weighted by molar-refractivity contribution is 5.57. The summed E-state index contributed by atoms with van der Waals surface area (Å²) >= 11 is 0. The Balaban J connectivity index is 1.83. The van der Waals surface area contributed by atoms with E-state index in [2.05, 4.69) is 34.2 Å². The Hall–Kier alpha value is -1.61. The second-order valence-electron chi connectivity index (χ2n) is 4.39. The van der Waals surface area contributed by atoms with E-state index in [-0.39, 0.29) is 0 Å². The van der Waals surface area contributed by atoms with Gasteiger partial charge in [-0.3, -0.25) is 4.68 Å². The summed E-state index contributed by atoms with van der Waals surface area (Å²) in [5.41, 5.74) is 2.23. The summed E-state index contributed by atoms with van der Waals surface area (Å²) in [5, 5.41) is 4.67. The molecule has 0 unspecified atom stereocenters. The Morgan fingerprint density at radius 1 is 1.06 bits per heavy atom. The highest BCUT2D eigenvalue weighted by Crippen LogP contribution is 2.23. The Bertz CT molecular complexity index is 472. The maximum absolute atomic E-state index is 5.37. The first-order valence-electron chi connectivity index (χ1n) is 6.12. The summed E-state index contributed by atoms with van der Waals surface area (Å²) in [5.74, 6) is 0. The molecule has 0 amide bonds. The third kappa shape index (κ3) is 2.24. The van der Waals surface area contributed by atoms with Gasteiger partial charge in [-0.15, -0.1) is 0 Å². The first kappa shape index (κ1) is 10.5. The lowest BCUT2D eigenvalue weighted by molar-refractivity contribution is 0.0663. The van der Waals surface area contributed by atoms with Gasteiger partial charge in [-0.05, 0) is 18.9 Å². The van der Waals surface area contributed by atoms with Crippen molar-refractivity contribution in [2.75, 3.05) is 13.2 Å². The molecule has 0 atom stereocenters. The van der Waals surface area contributed by atoms with Crippen LogP contribution in [0.25, 0.3) is 11.3 Å². The van der Waals surface area contributed by atoms with E-state index >= 15 is 0 Å². The lowest BCUT2D eigenvalue weighted by Gasteiger charge is -2.22. The minimum absolute atomic E-state index is 0.501. The molecule has 1 aliphatic rings. The zero-order valence-electron chi connectivity index (χ0n) is 9.75. The molecular formula is C14H16N2O. The third-order valence-electron chi connectivity index (χ3n) is 3.24. The van der Waals surface area contributed by atoms with Crippen molar-refractivity contribution >= 4 is 0 Å². The van der Waals surface area contributed by atoms with Crippen molar-refractivity contribution in [3.05, 3.63) is 42.6 Å². The van der Waals surface area contributed by atoms with Crippen LogP contribution in [0.4, 0.5) is 0 Å². The summed E-state index contributed by atoms with van der Waals surface area (Å²) in [6.07, 6.45) is 4.21. The minimum atomic E-state index is 0.501. The monoisotopic (exact) mass is 228 g/mol. The lowest BCUT2D eigenvalue weighted by Crippen LogP contribution is -2.19. The third-order valence-corrected chi connectivity index (χ3v) is 3.24. The zero-order valence-corrected chi connectivity index (χ0v) is 9.75. The van der Waals surface area contributed by atoms with Crippen molar-refractivity contribution in [2.24, 2.45) is 0 Å². The first-order valence-corrected chi connectivity index (χ1v) is 6.12. The normalized spacial score (nSPS) is 17.2. The van der Waals surface area contributed by atoms with Crippen molar-refractivity contribution < 1.29 is 4.74 Å². The van der Waals surface area contributed by atoms with Crippen LogP contribution < -0.4 is 0 Å². The van der Waals surface area contributed by atoms with Crippen molar-refractivity contribution in [1.82, 2.24) is 9.78 Å². The van der Waals surface area contributed by atoms with Gasteiger partial charge in [-0.1, -0.05) is 30.3 Å². The fraction of sp³-hybridized carbons (Fsp3) is 0.357. The average molecular weight is 228 g/mol. The second-order valence-corrected chi connectivity index (χ2v) is 4.39. The van der Waals surface area contributed by atoms with Crippen LogP contribution in [-0.4, -0.2) is 23.0 Å². The van der Waals surface area contributed by atoms with Gasteiger partial charge >= 0.3 is 0 Å². The number of rotatable bonds is 2. The Labute approximate surface area is 101 Å². The van der Waals surface area contributed by atoms with Crippen LogP contribution in [-0.2, 0) is 4.74 Å². The number of aromatic nitrogens is 2. The molecule has 0 bridgehead atoms. The Kier molecular flexibility index (Phi) is 2.92. The number of hydrogen-bond donors (Lipinski definition) is 0. The minimum Gasteiger partial charge on any atom is -0.381 e. The van der Waals surface area contributed by atoms with Crippen molar-refractivity contribution in [3.8, 4) is 11.3 Å². The Morgan fingerprint density at radius 2 is 1.82 bits per heavy atom. The van der Waals surface area contributed by atoms with E-state index in [1.54, 1.807) is 0 Å². The van der Waals surface area contributed by atoms with Crippen molar-refractivity contribution in [2.45, 2.75) is 18.9 Å². The molecule has 1 saturated heterocycles. The van der Waals surface area contributed by atoms with Gasteiger partial charge < -0.3 is 4.74 Å². The Morgan fingerprint density at radius 3 is 2.59 bits per heavy atom. The molecule has 0 N–H and O–H groups in total. The topological polar surface area (TPSA) is 27.1 Å². The van der Waals surface area contributed by atoms with Crippen molar-refractivity contribution in [3.63, 3.8) is 0 Å². The van der Waals surface area contributed by atoms with Gasteiger partial charge in [0, 0.05) is 25.0 Å². The van der Waals surface area contributed by atoms with Gasteiger partial charge in [-0.25, -0.2) is 0 Å². The summed E-state index contributed by atoms with van der Waals surface area (Å²) in [7, 11) is 0. The quantitative estimate of drug-likeness (QED) is 0.790. The van der Waals surface area contributed by atoms with Crippen LogP contribution in [0.1, 0.15) is 18.9 Å². The van der Waals surface area contributed by atoms with E-state index in [0.29, 0.717) is 6.04 Å². The van der Waals surface area contributed by atoms with Gasteiger partial charge in [0.1, 0.15) is 0 Å². The fourth-order valence-electron chi connectivity index (χ4n) is 2.25. The van der Waals surface area contributed by atoms with Crippen LogP contribution in [0, 0.1) is 0 Å². The molecule has 3 heteroatoms. The molecule has 2 heterocycles. The molecule has 0 radical (unpaired) electrons. The molecule has 2 aromatic rings. The second kappa shape index (κ2) is 4.72. The van der Waals surface area contributed by atoms with E-state index in [0.717, 1.165) is 31.7 Å². The molecule has 0 aliphatic carbocycles. The summed E-state index contributed by atoms with van der Waals surface area (Å²) in [6, 6.07) is 12.9. The molecule has 3 nitrogen and oxygen atoms in total. The molecule has 1 aliphatic heterocycles. The maximum atomic E-state index is 5.37. The van der Waals surface area contributed by atoms with Crippen LogP contribution in [0.15, 0.2) is 42.6 Å². The van der Waals surface area contributed by atoms with Crippen LogP contribution in [0.3, 0.4) is 0 Å². The highest BCUT2D eigenvalue weighted by atomic mass is 16.5. The molecule has 88 valence electrons. The van der Waals surface area contributed by atoms with E-state index in [1.807, 2.05) is 18.2 Å². The number of benzene rings is 1. The van der Waals surface area contributed by atoms with Gasteiger partial charge in [-0.2, -0.15) is 5.10 Å². The van der Waals surface area contributed by atoms with Crippen LogP contribution >= 0.6 is 0 Å². The highest BCUT2D eigenvalue weighted by Gasteiger charge is 2.16. The largest absolute Gasteiger partial charge is 0.381 e. The predicted octanol–water partition coefficient (Wildman–Crippen LogP) is 2.90. The van der Waals surface area contributed by atoms with E-state index < -0.39 is 0 Å². The molecular weight excluding hydrogens is 212 g/mol. The SMILES string of the molecule is c1ccc(-c2ccn(C3CCOCC3)n2)cc1. The lowest BCUT2D eigenvalue weighted by atomic mass is 10.1. The van der Waals surface area contributed by atoms with Crippen LogP contribution in [0.2, 0.25) is 0 Å². The molecule has 3 rings (SSSR count). The standard InChI is InChI=1S/C14H16N2O/c1-2-4-12(5-3-1)14-6-9-16(15-14)13-7-10-17-11-8-13/h1-6,9,13H,7-8,10-11H2. The smallest absolute Gasteiger partial charge is 0.0923 e. The van der Waals surface area contributed by atoms with E-state index in [4.69, 9.17) is 4.74 Å². The first-order chi connectivity index (χ1) is 8.43. The van der Waals surface area contributed by atoms with Gasteiger partial charge in [0.2, 0.25) is 0 Å². The van der Waals surface area contributed by atoms with Gasteiger partial charge in [0.15, 0.2) is 0 Å². The molecule has 17 heavy (non-hydrogen) atoms. The van der Waals surface area contributed by atoms with Crippen molar-refractivity contribution in [1.29, 1.82) is 0 Å². The van der Waals surface area contributed by atoms with Crippen LogP contribution in [0.5, 0.6) is 0 Å². The van der Waals surface area contributed by atoms with Gasteiger partial charge in [0.25, 0.3) is 0 Å². The predicted molar refractivity (Wildman–Crippen MR) is 66.8 cm³/mol. The summed E-state index contributed by atoms with van der Waals surface area (Å²) in [6.45, 7) is 1.70. The summed E-state index contributed by atoms with van der Waals surface area (Å²) < 4.78 is 7.46. The fourth-order valence-corrected chi connectivity index (χ4v) is 2.25. The molecule has 0 spiro atoms. The molecule has 1 aromatic heterocycles. The zero-order chi connectivity index (χ0) is 11.5. The number of hydrogen-bond acceptors (Lipinski definition) is 2. The molecule has 1 fully saturated rings. The molecule has 1 aromatic carbocycles. The molecule has 0 saturated carbocycles. The van der Waals surface area contributed by atoms with E-state index in [9.17, 15) is 0 Å². The average Bonchev–Trinajstić information content (AvgIpc) is 2.90. The summed E-state index contributed by atoms with van der Waals surface area (Å²) in [4.78, 5) is 0. The maximum Gasteiger partial charge on any atom is 0.0923 e. The number of ether oxygens (including phenoxy) is 1. The van der Waals surface area contributed by atoms with Gasteiger partial charge in [0.05, 0.1) is 11.7 Å². The van der Waals surface area contributed by atoms with E-state index in [1.165, 1.54) is 5.56 Å². The number of nitrogens with zero attached hydrogens (tertiary/aromatic N) is 2.